The van der Waals surface area contributed by atoms with Crippen molar-refractivity contribution in [3.63, 3.8) is 0 Å². The second-order valence-corrected chi connectivity index (χ2v) is 5.39. The molecule has 116 valence electrons. The van der Waals surface area contributed by atoms with E-state index >= 15 is 0 Å². The summed E-state index contributed by atoms with van der Waals surface area (Å²) in [5.74, 6) is 1.64. The highest BCUT2D eigenvalue weighted by molar-refractivity contribution is 5.80. The highest BCUT2D eigenvalue weighted by atomic mass is 16.1. The Morgan fingerprint density at radius 2 is 1.80 bits per heavy atom. The first kappa shape index (κ1) is 16.8. The van der Waals surface area contributed by atoms with E-state index in [1.807, 2.05) is 6.92 Å². The number of amides is 1. The topological polar surface area (TPSA) is 65.5 Å². The van der Waals surface area contributed by atoms with Crippen molar-refractivity contribution in [3.05, 3.63) is 0 Å². The van der Waals surface area contributed by atoms with Gasteiger partial charge in [-0.2, -0.15) is 0 Å². The number of aliphatic imine (C=N–C) groups is 1. The minimum atomic E-state index is 0.189. The van der Waals surface area contributed by atoms with Gasteiger partial charge in [-0.15, -0.1) is 0 Å². The van der Waals surface area contributed by atoms with E-state index in [1.165, 1.54) is 25.7 Å². The third-order valence-electron chi connectivity index (χ3n) is 3.53. The van der Waals surface area contributed by atoms with Crippen molar-refractivity contribution in [2.45, 2.75) is 52.4 Å². The van der Waals surface area contributed by atoms with Crippen LogP contribution in [-0.2, 0) is 4.79 Å². The molecule has 0 atom stereocenters. The predicted octanol–water partition coefficient (Wildman–Crippen LogP) is 1.65. The Hall–Kier alpha value is -1.26. The monoisotopic (exact) mass is 282 g/mol. The fraction of sp³-hybridized carbons (Fsp3) is 0.867. The van der Waals surface area contributed by atoms with Gasteiger partial charge >= 0.3 is 0 Å². The zero-order valence-corrected chi connectivity index (χ0v) is 13.0. The molecule has 1 saturated carbocycles. The van der Waals surface area contributed by atoms with Gasteiger partial charge < -0.3 is 16.0 Å². The summed E-state index contributed by atoms with van der Waals surface area (Å²) in [6, 6.07) is 0. The van der Waals surface area contributed by atoms with Gasteiger partial charge in [-0.3, -0.25) is 9.79 Å². The van der Waals surface area contributed by atoms with E-state index in [2.05, 4.69) is 27.9 Å². The average Bonchev–Trinajstić information content (AvgIpc) is 2.93. The van der Waals surface area contributed by atoms with Gasteiger partial charge in [0, 0.05) is 32.6 Å². The van der Waals surface area contributed by atoms with Crippen LogP contribution >= 0.6 is 0 Å². The van der Waals surface area contributed by atoms with Crippen LogP contribution in [0.5, 0.6) is 0 Å². The molecule has 20 heavy (non-hydrogen) atoms. The largest absolute Gasteiger partial charge is 0.357 e. The first-order chi connectivity index (χ1) is 9.76. The van der Waals surface area contributed by atoms with Crippen molar-refractivity contribution in [2.24, 2.45) is 10.9 Å². The summed E-state index contributed by atoms with van der Waals surface area (Å²) in [7, 11) is 0. The molecule has 0 heterocycles. The third-order valence-corrected chi connectivity index (χ3v) is 3.53. The number of carbonyl (C=O) groups excluding carboxylic acids is 1. The predicted molar refractivity (Wildman–Crippen MR) is 83.9 cm³/mol. The Bertz CT molecular complexity index is 298. The van der Waals surface area contributed by atoms with Crippen LogP contribution < -0.4 is 16.0 Å². The molecule has 1 aliphatic rings. The number of carbonyl (C=O) groups is 1. The third kappa shape index (κ3) is 7.36. The minimum Gasteiger partial charge on any atom is -0.357 e. The van der Waals surface area contributed by atoms with Crippen molar-refractivity contribution in [1.82, 2.24) is 16.0 Å². The van der Waals surface area contributed by atoms with Gasteiger partial charge in [0.05, 0.1) is 0 Å². The van der Waals surface area contributed by atoms with Gasteiger partial charge in [0.2, 0.25) is 5.91 Å². The SMILES string of the molecule is CCCN=C(NCC)NCCNC(=O)CC1CCCC1. The molecule has 0 spiro atoms. The van der Waals surface area contributed by atoms with E-state index in [-0.39, 0.29) is 5.91 Å². The molecule has 1 fully saturated rings. The second kappa shape index (κ2) is 10.5. The number of hydrogen-bond acceptors (Lipinski definition) is 2. The highest BCUT2D eigenvalue weighted by Crippen LogP contribution is 2.27. The van der Waals surface area contributed by atoms with Crippen LogP contribution in [0.4, 0.5) is 0 Å². The second-order valence-electron chi connectivity index (χ2n) is 5.39. The lowest BCUT2D eigenvalue weighted by atomic mass is 10.0. The van der Waals surface area contributed by atoms with Gasteiger partial charge in [-0.05, 0) is 32.1 Å². The van der Waals surface area contributed by atoms with Crippen molar-refractivity contribution < 1.29 is 4.79 Å². The molecule has 0 aromatic carbocycles. The molecule has 1 rings (SSSR count). The molecule has 0 saturated heterocycles. The van der Waals surface area contributed by atoms with Crippen molar-refractivity contribution in [3.8, 4) is 0 Å². The van der Waals surface area contributed by atoms with Crippen LogP contribution in [0.25, 0.3) is 0 Å². The quantitative estimate of drug-likeness (QED) is 0.360. The lowest BCUT2D eigenvalue weighted by Gasteiger charge is -2.12. The average molecular weight is 282 g/mol. The summed E-state index contributed by atoms with van der Waals surface area (Å²) in [5.41, 5.74) is 0. The van der Waals surface area contributed by atoms with Crippen LogP contribution in [0.2, 0.25) is 0 Å². The lowest BCUT2D eigenvalue weighted by molar-refractivity contribution is -0.121. The summed E-state index contributed by atoms with van der Waals surface area (Å²) in [5, 5.41) is 9.40. The smallest absolute Gasteiger partial charge is 0.220 e. The minimum absolute atomic E-state index is 0.189. The Labute approximate surface area is 123 Å². The molecule has 0 unspecified atom stereocenters. The molecule has 1 amide bonds. The molecule has 3 N–H and O–H groups in total. The van der Waals surface area contributed by atoms with Crippen molar-refractivity contribution in [1.29, 1.82) is 0 Å². The molecular formula is C15H30N4O. The Kier molecular flexibility index (Phi) is 8.83. The van der Waals surface area contributed by atoms with Crippen molar-refractivity contribution in [2.75, 3.05) is 26.2 Å². The molecule has 5 heteroatoms. The maximum absolute atomic E-state index is 11.8. The summed E-state index contributed by atoms with van der Waals surface area (Å²) < 4.78 is 0. The number of nitrogens with zero attached hydrogens (tertiary/aromatic N) is 1. The fourth-order valence-electron chi connectivity index (χ4n) is 2.50. The molecule has 0 aliphatic heterocycles. The van der Waals surface area contributed by atoms with Crippen LogP contribution in [0.3, 0.4) is 0 Å². The maximum atomic E-state index is 11.8. The first-order valence-corrected chi connectivity index (χ1v) is 8.05. The van der Waals surface area contributed by atoms with E-state index in [0.29, 0.717) is 25.4 Å². The Morgan fingerprint density at radius 1 is 1.10 bits per heavy atom. The van der Waals surface area contributed by atoms with Crippen LogP contribution in [0.15, 0.2) is 4.99 Å². The number of guanidine groups is 1. The molecule has 0 aromatic heterocycles. The van der Waals surface area contributed by atoms with E-state index in [1.54, 1.807) is 0 Å². The number of rotatable bonds is 8. The number of nitrogens with one attached hydrogen (secondary N) is 3. The van der Waals surface area contributed by atoms with Gasteiger partial charge in [-0.1, -0.05) is 19.8 Å². The van der Waals surface area contributed by atoms with E-state index in [0.717, 1.165) is 25.5 Å². The molecular weight excluding hydrogens is 252 g/mol. The zero-order chi connectivity index (χ0) is 14.6. The normalized spacial score (nSPS) is 16.2. The summed E-state index contributed by atoms with van der Waals surface area (Å²) >= 11 is 0. The highest BCUT2D eigenvalue weighted by Gasteiger charge is 2.17. The Morgan fingerprint density at radius 3 is 2.45 bits per heavy atom. The number of hydrogen-bond donors (Lipinski definition) is 3. The van der Waals surface area contributed by atoms with Crippen LogP contribution in [-0.4, -0.2) is 38.0 Å². The standard InChI is InChI=1S/C15H30N4O/c1-3-9-18-15(16-4-2)19-11-10-17-14(20)12-13-7-5-6-8-13/h13H,3-12H2,1-2H3,(H,17,20)(H2,16,18,19). The van der Waals surface area contributed by atoms with E-state index < -0.39 is 0 Å². The molecule has 5 nitrogen and oxygen atoms in total. The maximum Gasteiger partial charge on any atom is 0.220 e. The fourth-order valence-corrected chi connectivity index (χ4v) is 2.50. The summed E-state index contributed by atoms with van der Waals surface area (Å²) in [6.07, 6.45) is 6.76. The van der Waals surface area contributed by atoms with Crippen LogP contribution in [0, 0.1) is 5.92 Å². The molecule has 1 aliphatic carbocycles. The summed E-state index contributed by atoms with van der Waals surface area (Å²) in [6.45, 7) is 7.20. The van der Waals surface area contributed by atoms with Gasteiger partial charge in [0.25, 0.3) is 0 Å². The lowest BCUT2D eigenvalue weighted by Crippen LogP contribution is -2.41. The molecule has 0 radical (unpaired) electrons. The first-order valence-electron chi connectivity index (χ1n) is 8.05. The van der Waals surface area contributed by atoms with Gasteiger partial charge in [-0.25, -0.2) is 0 Å². The van der Waals surface area contributed by atoms with E-state index in [4.69, 9.17) is 0 Å². The van der Waals surface area contributed by atoms with Gasteiger partial charge in [0.1, 0.15) is 0 Å². The molecule has 0 aromatic rings. The molecule has 0 bridgehead atoms. The van der Waals surface area contributed by atoms with Gasteiger partial charge in [0.15, 0.2) is 5.96 Å². The Balaban J connectivity index is 2.10. The zero-order valence-electron chi connectivity index (χ0n) is 13.0. The summed E-state index contributed by atoms with van der Waals surface area (Å²) in [4.78, 5) is 16.2. The van der Waals surface area contributed by atoms with Crippen molar-refractivity contribution >= 4 is 11.9 Å². The van der Waals surface area contributed by atoms with Crippen LogP contribution in [0.1, 0.15) is 52.4 Å². The van der Waals surface area contributed by atoms with E-state index in [9.17, 15) is 4.79 Å².